The summed E-state index contributed by atoms with van der Waals surface area (Å²) in [5.74, 6) is -2.51. The number of Topliss-reactive ketones (excluding diaryl/α,β-unsaturated/α-hetero) is 1. The minimum absolute atomic E-state index is 0.0855. The first-order valence-electron chi connectivity index (χ1n) is 8.15. The first-order chi connectivity index (χ1) is 13.8. The summed E-state index contributed by atoms with van der Waals surface area (Å²) in [6.07, 6.45) is -0.394. The number of nitriles is 1. The van der Waals surface area contributed by atoms with Crippen LogP contribution in [-0.2, 0) is 4.79 Å². The Morgan fingerprint density at radius 3 is 2.10 bits per heavy atom. The van der Waals surface area contributed by atoms with Crippen molar-refractivity contribution in [3.05, 3.63) is 59.7 Å². The number of carbonyl (C=O) groups is 3. The molecule has 0 spiro atoms. The molecule has 0 atom stereocenters. The van der Waals surface area contributed by atoms with Gasteiger partial charge in [-0.15, -0.1) is 0 Å². The standard InChI is InChI=1S/C19H16N6O4/c20-10-15(18(21)22)25-24-14-7-1-11(2-8-14)16(26)9-17(27)23-13-5-3-12(4-6-13)19(28)29/h1-8,24H,9H2,(H3,21,22)(H,23,27)(H,28,29)/b25-15+. The van der Waals surface area contributed by atoms with E-state index in [0.29, 0.717) is 16.9 Å². The van der Waals surface area contributed by atoms with Gasteiger partial charge in [0.05, 0.1) is 17.7 Å². The minimum atomic E-state index is -1.08. The number of carbonyl (C=O) groups excluding carboxylic acids is 2. The summed E-state index contributed by atoms with van der Waals surface area (Å²) in [4.78, 5) is 35.1. The number of rotatable bonds is 8. The number of nitrogens with two attached hydrogens (primary N) is 1. The SMILES string of the molecule is N#C/C(=N\Nc1ccc(C(=O)CC(=O)Nc2ccc(C(=O)O)cc2)cc1)C(=N)N. The number of nitrogens with one attached hydrogen (secondary N) is 3. The molecule has 2 aromatic rings. The van der Waals surface area contributed by atoms with Crippen LogP contribution in [0.3, 0.4) is 0 Å². The fraction of sp³-hybridized carbons (Fsp3) is 0.0526. The lowest BCUT2D eigenvalue weighted by atomic mass is 10.1. The van der Waals surface area contributed by atoms with Gasteiger partial charge in [-0.05, 0) is 48.5 Å². The molecule has 2 rings (SSSR count). The van der Waals surface area contributed by atoms with Crippen molar-refractivity contribution < 1.29 is 19.5 Å². The van der Waals surface area contributed by atoms with Crippen molar-refractivity contribution in [2.24, 2.45) is 10.8 Å². The molecule has 0 aromatic heterocycles. The molecule has 0 aliphatic rings. The molecule has 0 saturated heterocycles. The molecule has 0 bridgehead atoms. The van der Waals surface area contributed by atoms with Crippen molar-refractivity contribution >= 4 is 40.6 Å². The quantitative estimate of drug-likeness (QED) is 0.149. The zero-order valence-corrected chi connectivity index (χ0v) is 15.0. The van der Waals surface area contributed by atoms with Gasteiger partial charge in [0.1, 0.15) is 6.07 Å². The van der Waals surface area contributed by atoms with Crippen LogP contribution in [0.15, 0.2) is 53.6 Å². The predicted molar refractivity (Wildman–Crippen MR) is 106 cm³/mol. The Hall–Kier alpha value is -4.52. The molecule has 2 aromatic carbocycles. The third kappa shape index (κ3) is 6.00. The maximum Gasteiger partial charge on any atom is 0.335 e. The van der Waals surface area contributed by atoms with Crippen LogP contribution < -0.4 is 16.5 Å². The number of hydrogen-bond acceptors (Lipinski definition) is 7. The van der Waals surface area contributed by atoms with Gasteiger partial charge in [-0.1, -0.05) is 0 Å². The number of benzene rings is 2. The highest BCUT2D eigenvalue weighted by molar-refractivity contribution is 6.45. The highest BCUT2D eigenvalue weighted by atomic mass is 16.4. The normalized spacial score (nSPS) is 10.5. The fourth-order valence-corrected chi connectivity index (χ4v) is 2.15. The Balaban J connectivity index is 1.94. The van der Waals surface area contributed by atoms with E-state index in [-0.39, 0.29) is 11.3 Å². The van der Waals surface area contributed by atoms with Crippen LogP contribution in [0.2, 0.25) is 0 Å². The van der Waals surface area contributed by atoms with Crippen LogP contribution in [0.25, 0.3) is 0 Å². The number of amidine groups is 1. The highest BCUT2D eigenvalue weighted by Gasteiger charge is 2.12. The Bertz CT molecular complexity index is 1020. The zero-order chi connectivity index (χ0) is 21.4. The summed E-state index contributed by atoms with van der Waals surface area (Å²) >= 11 is 0. The molecule has 0 aliphatic carbocycles. The Kier molecular flexibility index (Phi) is 6.76. The van der Waals surface area contributed by atoms with E-state index in [4.69, 9.17) is 21.5 Å². The van der Waals surface area contributed by atoms with Crippen LogP contribution in [0.5, 0.6) is 0 Å². The first kappa shape index (κ1) is 20.8. The van der Waals surface area contributed by atoms with Crippen LogP contribution in [-0.4, -0.2) is 34.3 Å². The molecule has 6 N–H and O–H groups in total. The topological polar surface area (TPSA) is 182 Å². The number of aromatic carboxylic acids is 1. The monoisotopic (exact) mass is 392 g/mol. The van der Waals surface area contributed by atoms with Crippen molar-refractivity contribution in [3.8, 4) is 6.07 Å². The van der Waals surface area contributed by atoms with E-state index in [0.717, 1.165) is 0 Å². The average molecular weight is 392 g/mol. The van der Waals surface area contributed by atoms with Crippen molar-refractivity contribution in [3.63, 3.8) is 0 Å². The summed E-state index contributed by atoms with van der Waals surface area (Å²) in [6.45, 7) is 0. The second-order valence-corrected chi connectivity index (χ2v) is 5.71. The van der Waals surface area contributed by atoms with Crippen molar-refractivity contribution in [2.75, 3.05) is 10.7 Å². The lowest BCUT2D eigenvalue weighted by Crippen LogP contribution is -2.21. The lowest BCUT2D eigenvalue weighted by Gasteiger charge is -2.06. The summed E-state index contributed by atoms with van der Waals surface area (Å²) in [5.41, 5.74) is 8.66. The molecular formula is C19H16N6O4. The van der Waals surface area contributed by atoms with Crippen molar-refractivity contribution in [1.29, 1.82) is 10.7 Å². The number of ketones is 1. The van der Waals surface area contributed by atoms with E-state index in [1.54, 1.807) is 6.07 Å². The Labute approximate surface area is 165 Å². The summed E-state index contributed by atoms with van der Waals surface area (Å²) < 4.78 is 0. The van der Waals surface area contributed by atoms with Gasteiger partial charge in [0, 0.05) is 11.3 Å². The van der Waals surface area contributed by atoms with E-state index in [2.05, 4.69) is 15.8 Å². The fourth-order valence-electron chi connectivity index (χ4n) is 2.15. The number of hydrogen-bond donors (Lipinski definition) is 5. The third-order valence-electron chi connectivity index (χ3n) is 3.60. The van der Waals surface area contributed by atoms with E-state index in [1.165, 1.54) is 48.5 Å². The maximum absolute atomic E-state index is 12.2. The third-order valence-corrected chi connectivity index (χ3v) is 3.60. The molecule has 0 fully saturated rings. The molecule has 0 radical (unpaired) electrons. The number of carboxylic acids is 1. The van der Waals surface area contributed by atoms with Crippen LogP contribution in [0.4, 0.5) is 11.4 Å². The van der Waals surface area contributed by atoms with Gasteiger partial charge < -0.3 is 16.2 Å². The summed E-state index contributed by atoms with van der Waals surface area (Å²) in [6, 6.07) is 13.2. The van der Waals surface area contributed by atoms with Gasteiger partial charge in [-0.25, -0.2) is 4.79 Å². The maximum atomic E-state index is 12.2. The second kappa shape index (κ2) is 9.43. The van der Waals surface area contributed by atoms with Gasteiger partial charge in [0.15, 0.2) is 11.6 Å². The first-order valence-corrected chi connectivity index (χ1v) is 8.15. The Morgan fingerprint density at radius 1 is 1.03 bits per heavy atom. The molecule has 0 unspecified atom stereocenters. The number of hydrazone groups is 1. The molecule has 29 heavy (non-hydrogen) atoms. The number of anilines is 2. The molecule has 1 amide bonds. The number of carboxylic acid groups (broad SMARTS) is 1. The highest BCUT2D eigenvalue weighted by Crippen LogP contribution is 2.13. The van der Waals surface area contributed by atoms with Gasteiger partial charge in [-0.3, -0.25) is 20.4 Å². The molecule has 0 aliphatic heterocycles. The van der Waals surface area contributed by atoms with E-state index in [1.807, 2.05) is 0 Å². The lowest BCUT2D eigenvalue weighted by molar-refractivity contribution is -0.115. The van der Waals surface area contributed by atoms with Gasteiger partial charge in [0.2, 0.25) is 11.6 Å². The van der Waals surface area contributed by atoms with Crippen LogP contribution in [0, 0.1) is 16.7 Å². The smallest absolute Gasteiger partial charge is 0.335 e. The molecule has 146 valence electrons. The predicted octanol–water partition coefficient (Wildman–Crippen LogP) is 1.82. The minimum Gasteiger partial charge on any atom is -0.478 e. The number of amides is 1. The molecule has 10 nitrogen and oxygen atoms in total. The summed E-state index contributed by atoms with van der Waals surface area (Å²) in [5, 5.41) is 31.0. The largest absolute Gasteiger partial charge is 0.478 e. The second-order valence-electron chi connectivity index (χ2n) is 5.71. The molecule has 0 saturated carbocycles. The van der Waals surface area contributed by atoms with Crippen molar-refractivity contribution in [2.45, 2.75) is 6.42 Å². The molecule has 0 heterocycles. The van der Waals surface area contributed by atoms with Crippen LogP contribution >= 0.6 is 0 Å². The Morgan fingerprint density at radius 2 is 1.59 bits per heavy atom. The van der Waals surface area contributed by atoms with Crippen molar-refractivity contribution in [1.82, 2.24) is 0 Å². The van der Waals surface area contributed by atoms with E-state index >= 15 is 0 Å². The average Bonchev–Trinajstić information content (AvgIpc) is 2.69. The van der Waals surface area contributed by atoms with E-state index < -0.39 is 29.9 Å². The van der Waals surface area contributed by atoms with Crippen LogP contribution in [0.1, 0.15) is 27.1 Å². The summed E-state index contributed by atoms with van der Waals surface area (Å²) in [7, 11) is 0. The molecule has 10 heteroatoms. The van der Waals surface area contributed by atoms with E-state index in [9.17, 15) is 14.4 Å². The van der Waals surface area contributed by atoms with Gasteiger partial charge in [-0.2, -0.15) is 10.4 Å². The number of nitrogens with zero attached hydrogens (tertiary/aromatic N) is 2. The molecular weight excluding hydrogens is 376 g/mol. The zero-order valence-electron chi connectivity index (χ0n) is 15.0. The van der Waals surface area contributed by atoms with Gasteiger partial charge in [0.25, 0.3) is 0 Å². The van der Waals surface area contributed by atoms with Gasteiger partial charge >= 0.3 is 5.97 Å².